The van der Waals surface area contributed by atoms with Crippen LogP contribution < -0.4 is 5.32 Å². The van der Waals surface area contributed by atoms with E-state index in [4.69, 9.17) is 4.42 Å². The first-order valence-corrected chi connectivity index (χ1v) is 8.74. The van der Waals surface area contributed by atoms with Gasteiger partial charge in [-0.2, -0.15) is 11.8 Å². The maximum Gasteiger partial charge on any atom is 0.125 e. The fourth-order valence-corrected chi connectivity index (χ4v) is 4.47. The molecular formula is C18H23NOS. The molecule has 2 heterocycles. The standard InChI is InChI=1S/C18H23NOS/c1-18(2)10-12-21-13-16(18)19-17(15-9-6-11-20-15)14-7-4-3-5-8-14/h3-9,11,16-17,19H,10,12-13H2,1-2H3. The minimum Gasteiger partial charge on any atom is -0.467 e. The fourth-order valence-electron chi connectivity index (χ4n) is 2.85. The molecule has 0 spiro atoms. The lowest BCUT2D eigenvalue weighted by molar-refractivity contribution is 0.229. The van der Waals surface area contributed by atoms with Gasteiger partial charge in [0, 0.05) is 11.8 Å². The van der Waals surface area contributed by atoms with Crippen LogP contribution in [-0.2, 0) is 0 Å². The molecule has 1 aliphatic rings. The Hall–Kier alpha value is -1.19. The Kier molecular flexibility index (Phi) is 4.41. The van der Waals surface area contributed by atoms with Crippen molar-refractivity contribution in [3.63, 3.8) is 0 Å². The molecule has 1 aromatic heterocycles. The summed E-state index contributed by atoms with van der Waals surface area (Å²) in [6.07, 6.45) is 3.02. The van der Waals surface area contributed by atoms with Gasteiger partial charge in [0.05, 0.1) is 12.3 Å². The SMILES string of the molecule is CC1(C)CCSCC1NC(c1ccccc1)c1ccco1. The Morgan fingerprint density at radius 1 is 1.19 bits per heavy atom. The summed E-state index contributed by atoms with van der Waals surface area (Å²) in [5, 5.41) is 3.85. The molecule has 1 aliphatic heterocycles. The molecule has 1 N–H and O–H groups in total. The fraction of sp³-hybridized carbons (Fsp3) is 0.444. The van der Waals surface area contributed by atoms with E-state index in [0.29, 0.717) is 11.5 Å². The molecule has 1 saturated heterocycles. The van der Waals surface area contributed by atoms with Gasteiger partial charge in [-0.15, -0.1) is 0 Å². The van der Waals surface area contributed by atoms with Crippen molar-refractivity contribution < 1.29 is 4.42 Å². The summed E-state index contributed by atoms with van der Waals surface area (Å²) in [7, 11) is 0. The first-order valence-electron chi connectivity index (χ1n) is 7.59. The Balaban J connectivity index is 1.86. The highest BCUT2D eigenvalue weighted by atomic mass is 32.2. The van der Waals surface area contributed by atoms with Crippen molar-refractivity contribution in [3.8, 4) is 0 Å². The Morgan fingerprint density at radius 3 is 2.67 bits per heavy atom. The van der Waals surface area contributed by atoms with E-state index < -0.39 is 0 Å². The highest BCUT2D eigenvalue weighted by molar-refractivity contribution is 7.99. The van der Waals surface area contributed by atoms with E-state index in [2.05, 4.69) is 55.6 Å². The number of hydrogen-bond donors (Lipinski definition) is 1. The quantitative estimate of drug-likeness (QED) is 0.900. The predicted molar refractivity (Wildman–Crippen MR) is 89.6 cm³/mol. The van der Waals surface area contributed by atoms with E-state index in [-0.39, 0.29) is 6.04 Å². The minimum absolute atomic E-state index is 0.129. The Labute approximate surface area is 131 Å². The number of thioether (sulfide) groups is 1. The van der Waals surface area contributed by atoms with Crippen LogP contribution in [-0.4, -0.2) is 17.5 Å². The Bertz CT molecular complexity index is 550. The van der Waals surface area contributed by atoms with Crippen molar-refractivity contribution in [2.45, 2.75) is 32.4 Å². The van der Waals surface area contributed by atoms with Crippen molar-refractivity contribution in [1.82, 2.24) is 5.32 Å². The van der Waals surface area contributed by atoms with Crippen LogP contribution in [0, 0.1) is 5.41 Å². The lowest BCUT2D eigenvalue weighted by Crippen LogP contribution is -2.48. The van der Waals surface area contributed by atoms with Crippen molar-refractivity contribution in [3.05, 3.63) is 60.1 Å². The summed E-state index contributed by atoms with van der Waals surface area (Å²) in [4.78, 5) is 0. The minimum atomic E-state index is 0.129. The summed E-state index contributed by atoms with van der Waals surface area (Å²) in [5.74, 6) is 3.42. The summed E-state index contributed by atoms with van der Waals surface area (Å²) >= 11 is 2.05. The molecule has 0 radical (unpaired) electrons. The van der Waals surface area contributed by atoms with Crippen LogP contribution in [0.1, 0.15) is 37.6 Å². The molecule has 2 nitrogen and oxygen atoms in total. The predicted octanol–water partition coefficient (Wildman–Crippen LogP) is 4.49. The third-order valence-corrected chi connectivity index (χ3v) is 5.51. The zero-order chi connectivity index (χ0) is 14.7. The van der Waals surface area contributed by atoms with Crippen molar-refractivity contribution in [1.29, 1.82) is 0 Å². The smallest absolute Gasteiger partial charge is 0.125 e. The number of nitrogens with one attached hydrogen (secondary N) is 1. The second-order valence-electron chi connectivity index (χ2n) is 6.39. The van der Waals surface area contributed by atoms with Crippen molar-refractivity contribution >= 4 is 11.8 Å². The van der Waals surface area contributed by atoms with Crippen molar-refractivity contribution in [2.24, 2.45) is 5.41 Å². The molecule has 21 heavy (non-hydrogen) atoms. The molecule has 0 saturated carbocycles. The molecule has 3 heteroatoms. The van der Waals surface area contributed by atoms with Gasteiger partial charge in [-0.05, 0) is 35.3 Å². The molecule has 0 aliphatic carbocycles. The highest BCUT2D eigenvalue weighted by Gasteiger charge is 2.34. The monoisotopic (exact) mass is 301 g/mol. The maximum atomic E-state index is 5.69. The molecule has 0 bridgehead atoms. The van der Waals surface area contributed by atoms with E-state index >= 15 is 0 Å². The summed E-state index contributed by atoms with van der Waals surface area (Å²) in [6, 6.07) is 15.2. The first-order chi connectivity index (χ1) is 10.2. The topological polar surface area (TPSA) is 25.2 Å². The highest BCUT2D eigenvalue weighted by Crippen LogP contribution is 2.36. The van der Waals surface area contributed by atoms with Gasteiger partial charge in [0.15, 0.2) is 0 Å². The zero-order valence-corrected chi connectivity index (χ0v) is 13.5. The number of rotatable bonds is 4. The van der Waals surface area contributed by atoms with E-state index in [1.165, 1.54) is 17.7 Å². The number of benzene rings is 1. The number of furan rings is 1. The average Bonchev–Trinajstić information content (AvgIpc) is 3.01. The van der Waals surface area contributed by atoms with Crippen LogP contribution in [0.15, 0.2) is 53.1 Å². The third-order valence-electron chi connectivity index (χ3n) is 4.45. The summed E-state index contributed by atoms with van der Waals surface area (Å²) < 4.78 is 5.69. The van der Waals surface area contributed by atoms with Gasteiger partial charge in [0.1, 0.15) is 5.76 Å². The zero-order valence-electron chi connectivity index (χ0n) is 12.7. The molecule has 2 atom stereocenters. The molecule has 0 amide bonds. The first kappa shape index (κ1) is 14.7. The van der Waals surface area contributed by atoms with Gasteiger partial charge in [-0.1, -0.05) is 44.2 Å². The van der Waals surface area contributed by atoms with Gasteiger partial charge >= 0.3 is 0 Å². The van der Waals surface area contributed by atoms with Gasteiger partial charge in [-0.25, -0.2) is 0 Å². The second-order valence-corrected chi connectivity index (χ2v) is 7.54. The molecule has 2 unspecified atom stereocenters. The maximum absolute atomic E-state index is 5.69. The normalized spacial score (nSPS) is 22.9. The lowest BCUT2D eigenvalue weighted by Gasteiger charge is -2.40. The molecule has 1 aromatic carbocycles. The van der Waals surface area contributed by atoms with Gasteiger partial charge < -0.3 is 4.42 Å². The van der Waals surface area contributed by atoms with Crippen LogP contribution in [0.4, 0.5) is 0 Å². The second kappa shape index (κ2) is 6.29. The van der Waals surface area contributed by atoms with E-state index in [0.717, 1.165) is 11.5 Å². The van der Waals surface area contributed by atoms with Gasteiger partial charge in [0.2, 0.25) is 0 Å². The molecule has 3 rings (SSSR count). The van der Waals surface area contributed by atoms with Gasteiger partial charge in [-0.3, -0.25) is 5.32 Å². The summed E-state index contributed by atoms with van der Waals surface area (Å²) in [5.41, 5.74) is 1.59. The van der Waals surface area contributed by atoms with Crippen LogP contribution >= 0.6 is 11.8 Å². The van der Waals surface area contributed by atoms with Gasteiger partial charge in [0.25, 0.3) is 0 Å². The average molecular weight is 301 g/mol. The molecule has 1 fully saturated rings. The third kappa shape index (κ3) is 3.35. The number of hydrogen-bond acceptors (Lipinski definition) is 3. The lowest BCUT2D eigenvalue weighted by atomic mass is 9.81. The van der Waals surface area contributed by atoms with Crippen LogP contribution in [0.25, 0.3) is 0 Å². The van der Waals surface area contributed by atoms with Crippen molar-refractivity contribution in [2.75, 3.05) is 11.5 Å². The van der Waals surface area contributed by atoms with Crippen LogP contribution in [0.3, 0.4) is 0 Å². The molecule has 112 valence electrons. The largest absolute Gasteiger partial charge is 0.467 e. The summed E-state index contributed by atoms with van der Waals surface area (Å²) in [6.45, 7) is 4.74. The van der Waals surface area contributed by atoms with Crippen LogP contribution in [0.5, 0.6) is 0 Å². The van der Waals surface area contributed by atoms with E-state index in [1.54, 1.807) is 6.26 Å². The Morgan fingerprint density at radius 2 is 2.00 bits per heavy atom. The van der Waals surface area contributed by atoms with Crippen LogP contribution in [0.2, 0.25) is 0 Å². The molecule has 2 aromatic rings. The van der Waals surface area contributed by atoms with E-state index in [9.17, 15) is 0 Å². The van der Waals surface area contributed by atoms with E-state index in [1.807, 2.05) is 17.8 Å². The molecular weight excluding hydrogens is 278 g/mol.